The molecule has 0 bridgehead atoms. The van der Waals surface area contributed by atoms with Crippen molar-refractivity contribution >= 4 is 22.0 Å². The quantitative estimate of drug-likeness (QED) is 0.902. The minimum Gasteiger partial charge on any atom is -0.355 e. The van der Waals surface area contributed by atoms with Crippen LogP contribution in [-0.2, 0) is 4.74 Å². The van der Waals surface area contributed by atoms with Gasteiger partial charge < -0.3 is 4.74 Å². The first kappa shape index (κ1) is 12.3. The Morgan fingerprint density at radius 2 is 2.29 bits per heavy atom. The van der Waals surface area contributed by atoms with E-state index in [4.69, 9.17) is 4.74 Å². The van der Waals surface area contributed by atoms with Crippen LogP contribution in [0.3, 0.4) is 0 Å². The number of nitrogens with one attached hydrogen (secondary N) is 1. The SMILES string of the molecule is C[C@@H]1CC[C@H](n2cc(/C=C/Br)c(=O)[nH]c2=O)O1. The number of halogens is 1. The highest BCUT2D eigenvalue weighted by Gasteiger charge is 2.24. The average Bonchev–Trinajstić information content (AvgIpc) is 2.69. The molecule has 2 atom stereocenters. The maximum absolute atomic E-state index is 11.7. The van der Waals surface area contributed by atoms with Gasteiger partial charge in [0.05, 0.1) is 11.7 Å². The number of aromatic amines is 1. The molecule has 2 heterocycles. The predicted molar refractivity (Wildman–Crippen MR) is 68.1 cm³/mol. The Balaban J connectivity index is 2.43. The Morgan fingerprint density at radius 1 is 1.53 bits per heavy atom. The second kappa shape index (κ2) is 5.01. The molecule has 17 heavy (non-hydrogen) atoms. The molecule has 1 aliphatic heterocycles. The third kappa shape index (κ3) is 2.58. The molecule has 1 aromatic rings. The van der Waals surface area contributed by atoms with Gasteiger partial charge in [0.2, 0.25) is 0 Å². The molecule has 2 rings (SSSR count). The summed E-state index contributed by atoms with van der Waals surface area (Å²) in [7, 11) is 0. The van der Waals surface area contributed by atoms with Crippen molar-refractivity contribution in [1.29, 1.82) is 0 Å². The van der Waals surface area contributed by atoms with Crippen LogP contribution >= 0.6 is 15.9 Å². The summed E-state index contributed by atoms with van der Waals surface area (Å²) in [4.78, 5) is 27.0. The first-order valence-electron chi connectivity index (χ1n) is 5.39. The van der Waals surface area contributed by atoms with E-state index in [0.29, 0.717) is 5.56 Å². The molecule has 0 spiro atoms. The number of hydrogen-bond donors (Lipinski definition) is 1. The van der Waals surface area contributed by atoms with Gasteiger partial charge in [0.1, 0.15) is 6.23 Å². The molecule has 1 fully saturated rings. The molecule has 0 aromatic carbocycles. The van der Waals surface area contributed by atoms with Gasteiger partial charge in [0.15, 0.2) is 0 Å². The highest BCUT2D eigenvalue weighted by atomic mass is 79.9. The molecule has 0 aliphatic carbocycles. The van der Waals surface area contributed by atoms with Gasteiger partial charge in [0, 0.05) is 6.20 Å². The molecule has 1 aromatic heterocycles. The van der Waals surface area contributed by atoms with E-state index >= 15 is 0 Å². The number of aromatic nitrogens is 2. The number of ether oxygens (including phenoxy) is 1. The van der Waals surface area contributed by atoms with Crippen LogP contribution in [0.25, 0.3) is 6.08 Å². The third-order valence-corrected chi connectivity index (χ3v) is 3.02. The van der Waals surface area contributed by atoms with E-state index < -0.39 is 11.2 Å². The fourth-order valence-electron chi connectivity index (χ4n) is 1.89. The number of rotatable bonds is 2. The number of nitrogens with zero attached hydrogens (tertiary/aromatic N) is 1. The van der Waals surface area contributed by atoms with Crippen LogP contribution in [-0.4, -0.2) is 15.7 Å². The minimum atomic E-state index is -0.430. The summed E-state index contributed by atoms with van der Waals surface area (Å²) in [5, 5.41) is 0. The van der Waals surface area contributed by atoms with E-state index in [1.807, 2.05) is 6.92 Å². The van der Waals surface area contributed by atoms with Crippen molar-refractivity contribution in [1.82, 2.24) is 9.55 Å². The van der Waals surface area contributed by atoms with E-state index in [2.05, 4.69) is 20.9 Å². The molecule has 0 saturated carbocycles. The molecule has 1 N–H and O–H groups in total. The second-order valence-electron chi connectivity index (χ2n) is 4.02. The van der Waals surface area contributed by atoms with Crippen LogP contribution in [0.4, 0.5) is 0 Å². The van der Waals surface area contributed by atoms with Crippen LogP contribution in [0, 0.1) is 0 Å². The smallest absolute Gasteiger partial charge is 0.330 e. The van der Waals surface area contributed by atoms with Crippen molar-refractivity contribution in [2.75, 3.05) is 0 Å². The highest BCUT2D eigenvalue weighted by molar-refractivity contribution is 9.11. The zero-order valence-electron chi connectivity index (χ0n) is 9.35. The average molecular weight is 301 g/mol. The van der Waals surface area contributed by atoms with E-state index in [0.717, 1.165) is 12.8 Å². The molecule has 0 amide bonds. The van der Waals surface area contributed by atoms with Gasteiger partial charge in [-0.2, -0.15) is 0 Å². The largest absolute Gasteiger partial charge is 0.355 e. The van der Waals surface area contributed by atoms with Crippen LogP contribution in [0.5, 0.6) is 0 Å². The Hall–Kier alpha value is -1.14. The maximum atomic E-state index is 11.7. The lowest BCUT2D eigenvalue weighted by Gasteiger charge is -2.14. The topological polar surface area (TPSA) is 64.1 Å². The number of H-pyrrole nitrogens is 1. The zero-order chi connectivity index (χ0) is 12.4. The second-order valence-corrected chi connectivity index (χ2v) is 4.55. The van der Waals surface area contributed by atoms with Gasteiger partial charge in [-0.1, -0.05) is 15.9 Å². The molecular formula is C11H13BrN2O3. The number of hydrogen-bond acceptors (Lipinski definition) is 3. The summed E-state index contributed by atoms with van der Waals surface area (Å²) in [6, 6.07) is 0. The van der Waals surface area contributed by atoms with Gasteiger partial charge >= 0.3 is 5.69 Å². The fourth-order valence-corrected chi connectivity index (χ4v) is 2.17. The van der Waals surface area contributed by atoms with Crippen molar-refractivity contribution in [2.45, 2.75) is 32.1 Å². The summed E-state index contributed by atoms with van der Waals surface area (Å²) in [5.41, 5.74) is -0.404. The summed E-state index contributed by atoms with van der Waals surface area (Å²) in [6.45, 7) is 1.97. The van der Waals surface area contributed by atoms with Crippen molar-refractivity contribution in [3.05, 3.63) is 37.6 Å². The van der Waals surface area contributed by atoms with Gasteiger partial charge in [0.25, 0.3) is 5.56 Å². The fraction of sp³-hybridized carbons (Fsp3) is 0.455. The summed E-state index contributed by atoms with van der Waals surface area (Å²) in [5.74, 6) is 0. The van der Waals surface area contributed by atoms with Crippen molar-refractivity contribution in [3.63, 3.8) is 0 Å². The van der Waals surface area contributed by atoms with Crippen LogP contribution in [0.1, 0.15) is 31.6 Å². The zero-order valence-corrected chi connectivity index (χ0v) is 10.9. The van der Waals surface area contributed by atoms with Crippen molar-refractivity contribution in [3.8, 4) is 0 Å². The molecule has 6 heteroatoms. The van der Waals surface area contributed by atoms with Gasteiger partial charge in [-0.25, -0.2) is 4.79 Å². The van der Waals surface area contributed by atoms with E-state index in [9.17, 15) is 9.59 Å². The summed E-state index contributed by atoms with van der Waals surface area (Å²) < 4.78 is 7.04. The van der Waals surface area contributed by atoms with Crippen LogP contribution in [0.15, 0.2) is 20.8 Å². The predicted octanol–water partition coefficient (Wildman–Crippen LogP) is 1.60. The van der Waals surface area contributed by atoms with E-state index in [-0.39, 0.29) is 12.3 Å². The molecule has 5 nitrogen and oxygen atoms in total. The first-order chi connectivity index (χ1) is 8.11. The Kier molecular flexibility index (Phi) is 3.63. The van der Waals surface area contributed by atoms with Gasteiger partial charge in [-0.05, 0) is 30.8 Å². The lowest BCUT2D eigenvalue weighted by atomic mass is 10.2. The van der Waals surface area contributed by atoms with Crippen LogP contribution in [0.2, 0.25) is 0 Å². The molecule has 1 aliphatic rings. The van der Waals surface area contributed by atoms with Crippen molar-refractivity contribution in [2.24, 2.45) is 0 Å². The highest BCUT2D eigenvalue weighted by Crippen LogP contribution is 2.26. The van der Waals surface area contributed by atoms with E-state index in [1.165, 1.54) is 10.8 Å². The monoisotopic (exact) mass is 300 g/mol. The lowest BCUT2D eigenvalue weighted by Crippen LogP contribution is -2.33. The van der Waals surface area contributed by atoms with Crippen molar-refractivity contribution < 1.29 is 4.74 Å². The minimum absolute atomic E-state index is 0.147. The molecule has 1 saturated heterocycles. The Bertz CT molecular complexity index is 546. The molecule has 0 radical (unpaired) electrons. The van der Waals surface area contributed by atoms with Crippen LogP contribution < -0.4 is 11.2 Å². The Labute approximate surface area is 106 Å². The van der Waals surface area contributed by atoms with Gasteiger partial charge in [-0.15, -0.1) is 0 Å². The normalized spacial score (nSPS) is 24.6. The van der Waals surface area contributed by atoms with E-state index in [1.54, 1.807) is 11.1 Å². The Morgan fingerprint density at radius 3 is 2.88 bits per heavy atom. The lowest BCUT2D eigenvalue weighted by molar-refractivity contribution is 0.00788. The standard InChI is InChI=1S/C11H13BrN2O3/c1-7-2-3-9(17-7)14-6-8(4-5-12)10(15)13-11(14)16/h4-7,9H,2-3H2,1H3,(H,13,15,16)/b5-4+/t7-,9-/m1/s1. The molecule has 0 unspecified atom stereocenters. The van der Waals surface area contributed by atoms with Gasteiger partial charge in [-0.3, -0.25) is 14.3 Å². The summed E-state index contributed by atoms with van der Waals surface area (Å²) in [6.07, 6.45) is 4.69. The summed E-state index contributed by atoms with van der Waals surface area (Å²) >= 11 is 3.10. The first-order valence-corrected chi connectivity index (χ1v) is 6.31. The maximum Gasteiger partial charge on any atom is 0.330 e. The molecule has 92 valence electrons. The molecular weight excluding hydrogens is 288 g/mol. The third-order valence-electron chi connectivity index (χ3n) is 2.76.